The van der Waals surface area contributed by atoms with Crippen molar-refractivity contribution in [1.29, 1.82) is 5.26 Å². The highest BCUT2D eigenvalue weighted by atomic mass is 16.5. The fourth-order valence-corrected chi connectivity index (χ4v) is 3.37. The Labute approximate surface area is 167 Å². The number of methoxy groups -OCH3 is 1. The second kappa shape index (κ2) is 7.17. The van der Waals surface area contributed by atoms with Crippen molar-refractivity contribution in [3.8, 4) is 23.1 Å². The number of benzene rings is 2. The van der Waals surface area contributed by atoms with Crippen LogP contribution >= 0.6 is 0 Å². The number of hydrogen-bond acceptors (Lipinski definition) is 5. The maximum atomic E-state index is 12.2. The molecule has 2 aromatic carbocycles. The first-order valence-corrected chi connectivity index (χ1v) is 8.93. The summed E-state index contributed by atoms with van der Waals surface area (Å²) in [6.45, 7) is 1.73. The summed E-state index contributed by atoms with van der Waals surface area (Å²) >= 11 is 0. The van der Waals surface area contributed by atoms with Gasteiger partial charge in [0, 0.05) is 30.3 Å². The van der Waals surface area contributed by atoms with Crippen LogP contribution in [0.2, 0.25) is 0 Å². The molecule has 0 saturated carbocycles. The minimum atomic E-state index is -0.344. The van der Waals surface area contributed by atoms with E-state index in [-0.39, 0.29) is 11.6 Å². The van der Waals surface area contributed by atoms with Crippen LogP contribution in [0.1, 0.15) is 21.8 Å². The number of carbonyl (C=O) groups excluding carboxylic acids is 1. The molecule has 0 aliphatic rings. The number of aryl methyl sites for hydroxylation is 2. The van der Waals surface area contributed by atoms with Gasteiger partial charge in [-0.2, -0.15) is 5.26 Å². The lowest BCUT2D eigenvalue weighted by Crippen LogP contribution is -2.12. The van der Waals surface area contributed by atoms with Crippen molar-refractivity contribution in [3.05, 3.63) is 65.5 Å². The largest absolute Gasteiger partial charge is 0.497 e. The molecule has 0 atom stereocenters. The lowest BCUT2D eigenvalue weighted by molar-refractivity contribution is 0.101. The van der Waals surface area contributed by atoms with E-state index >= 15 is 0 Å². The monoisotopic (exact) mass is 386 g/mol. The molecular weight excluding hydrogens is 368 g/mol. The number of rotatable bonds is 4. The number of amides is 1. The topological polar surface area (TPSA) is 93.1 Å². The van der Waals surface area contributed by atoms with Gasteiger partial charge in [0.1, 0.15) is 17.6 Å². The molecule has 0 spiro atoms. The van der Waals surface area contributed by atoms with Gasteiger partial charge in [0.25, 0.3) is 5.91 Å². The summed E-state index contributed by atoms with van der Waals surface area (Å²) in [5.74, 6) is 0.959. The van der Waals surface area contributed by atoms with Gasteiger partial charge in [-0.15, -0.1) is 0 Å². The Balaban J connectivity index is 1.69. The number of aromatic nitrogens is 2. The van der Waals surface area contributed by atoms with Crippen molar-refractivity contribution in [2.24, 2.45) is 7.05 Å². The van der Waals surface area contributed by atoms with Crippen molar-refractivity contribution >= 4 is 22.5 Å². The average Bonchev–Trinajstić information content (AvgIpc) is 3.29. The van der Waals surface area contributed by atoms with E-state index in [1.165, 1.54) is 0 Å². The number of anilines is 1. The molecule has 2 aromatic heterocycles. The molecule has 4 aromatic rings. The summed E-state index contributed by atoms with van der Waals surface area (Å²) in [5.41, 5.74) is 4.03. The zero-order chi connectivity index (χ0) is 20.5. The fourth-order valence-electron chi connectivity index (χ4n) is 3.37. The summed E-state index contributed by atoms with van der Waals surface area (Å²) < 4.78 is 12.2. The summed E-state index contributed by atoms with van der Waals surface area (Å²) in [5, 5.41) is 17.1. The van der Waals surface area contributed by atoms with Crippen molar-refractivity contribution < 1.29 is 14.1 Å². The van der Waals surface area contributed by atoms with Gasteiger partial charge in [0.05, 0.1) is 23.9 Å². The molecule has 0 aliphatic carbocycles. The first-order valence-electron chi connectivity index (χ1n) is 8.93. The number of carbonyl (C=O) groups is 1. The van der Waals surface area contributed by atoms with Crippen LogP contribution in [-0.2, 0) is 7.05 Å². The fraction of sp³-hybridized carbons (Fsp3) is 0.136. The Kier molecular flexibility index (Phi) is 4.53. The number of nitrogens with one attached hydrogen (secondary N) is 1. The van der Waals surface area contributed by atoms with Gasteiger partial charge >= 0.3 is 0 Å². The van der Waals surface area contributed by atoms with Crippen LogP contribution in [0.4, 0.5) is 5.69 Å². The second-order valence-corrected chi connectivity index (χ2v) is 6.63. The molecule has 0 radical (unpaired) electrons. The lowest BCUT2D eigenvalue weighted by atomic mass is 10.1. The molecule has 7 nitrogen and oxygen atoms in total. The van der Waals surface area contributed by atoms with Crippen molar-refractivity contribution in [1.82, 2.24) is 9.72 Å². The molecule has 0 unspecified atom stereocenters. The molecule has 1 amide bonds. The Morgan fingerprint density at radius 3 is 2.59 bits per heavy atom. The smallest absolute Gasteiger partial charge is 0.277 e. The minimum Gasteiger partial charge on any atom is -0.497 e. The zero-order valence-electron chi connectivity index (χ0n) is 16.2. The Bertz CT molecular complexity index is 1260. The highest BCUT2D eigenvalue weighted by molar-refractivity contribution is 6.03. The minimum absolute atomic E-state index is 0.223. The van der Waals surface area contributed by atoms with E-state index < -0.39 is 0 Å². The summed E-state index contributed by atoms with van der Waals surface area (Å²) in [6.07, 6.45) is 0. The van der Waals surface area contributed by atoms with Crippen LogP contribution in [0.3, 0.4) is 0 Å². The third-order valence-corrected chi connectivity index (χ3v) is 4.80. The van der Waals surface area contributed by atoms with E-state index in [0.29, 0.717) is 17.0 Å². The third-order valence-electron chi connectivity index (χ3n) is 4.80. The number of hydrogen-bond donors (Lipinski definition) is 1. The lowest BCUT2D eigenvalue weighted by Gasteiger charge is -2.08. The van der Waals surface area contributed by atoms with E-state index in [4.69, 9.17) is 9.26 Å². The van der Waals surface area contributed by atoms with Gasteiger partial charge in [-0.05, 0) is 36.8 Å². The summed E-state index contributed by atoms with van der Waals surface area (Å²) in [4.78, 5) is 12.2. The first-order chi connectivity index (χ1) is 14.0. The van der Waals surface area contributed by atoms with E-state index in [2.05, 4.69) is 16.5 Å². The van der Waals surface area contributed by atoms with Gasteiger partial charge in [-0.1, -0.05) is 17.3 Å². The van der Waals surface area contributed by atoms with Crippen molar-refractivity contribution in [3.63, 3.8) is 0 Å². The maximum Gasteiger partial charge on any atom is 0.277 e. The van der Waals surface area contributed by atoms with Crippen LogP contribution in [0, 0.1) is 18.3 Å². The molecule has 4 rings (SSSR count). The van der Waals surface area contributed by atoms with Crippen LogP contribution in [0.15, 0.2) is 53.1 Å². The molecule has 29 heavy (non-hydrogen) atoms. The maximum absolute atomic E-state index is 12.2. The molecule has 144 valence electrons. The van der Waals surface area contributed by atoms with E-state index in [1.54, 1.807) is 32.2 Å². The number of nitriles is 1. The van der Waals surface area contributed by atoms with Crippen LogP contribution in [0.25, 0.3) is 22.2 Å². The molecular formula is C22H18N4O3. The predicted octanol–water partition coefficient (Wildman–Crippen LogP) is 4.27. The number of ether oxygens (including phenoxy) is 1. The normalized spacial score (nSPS) is 10.7. The molecule has 7 heteroatoms. The number of fused-ring (bicyclic) bond motifs is 1. The second-order valence-electron chi connectivity index (χ2n) is 6.63. The molecule has 0 bridgehead atoms. The van der Waals surface area contributed by atoms with Gasteiger partial charge in [-0.3, -0.25) is 4.79 Å². The summed E-state index contributed by atoms with van der Waals surface area (Å²) in [7, 11) is 3.53. The molecule has 2 heterocycles. The molecule has 1 N–H and O–H groups in total. The zero-order valence-corrected chi connectivity index (χ0v) is 16.2. The summed E-state index contributed by atoms with van der Waals surface area (Å²) in [6, 6.07) is 16.9. The van der Waals surface area contributed by atoms with Crippen LogP contribution in [0.5, 0.6) is 5.75 Å². The van der Waals surface area contributed by atoms with E-state index in [1.807, 2.05) is 41.9 Å². The van der Waals surface area contributed by atoms with Gasteiger partial charge in [0.2, 0.25) is 0 Å². The predicted molar refractivity (Wildman–Crippen MR) is 109 cm³/mol. The Morgan fingerprint density at radius 2 is 1.97 bits per heavy atom. The quantitative estimate of drug-likeness (QED) is 0.565. The van der Waals surface area contributed by atoms with E-state index in [9.17, 15) is 10.1 Å². The van der Waals surface area contributed by atoms with Gasteiger partial charge in [0.15, 0.2) is 5.69 Å². The molecule has 0 aliphatic heterocycles. The molecule has 0 saturated heterocycles. The van der Waals surface area contributed by atoms with Gasteiger partial charge in [-0.25, -0.2) is 0 Å². The van der Waals surface area contributed by atoms with Crippen molar-refractivity contribution in [2.45, 2.75) is 6.92 Å². The standard InChI is InChI=1S/C22H18N4O3/c1-13-10-19(25-29-13)22(27)24-15-6-4-14(5-7-15)21-18(12-23)17-9-8-16(28-3)11-20(17)26(21)2/h4-11H,1-3H3,(H,24,27). The Morgan fingerprint density at radius 1 is 1.21 bits per heavy atom. The Hall–Kier alpha value is -4.05. The highest BCUT2D eigenvalue weighted by Gasteiger charge is 2.17. The first kappa shape index (κ1) is 18.3. The van der Waals surface area contributed by atoms with Crippen LogP contribution in [-0.4, -0.2) is 22.7 Å². The highest BCUT2D eigenvalue weighted by Crippen LogP contribution is 2.34. The average molecular weight is 386 g/mol. The third kappa shape index (κ3) is 3.21. The number of nitrogens with zero attached hydrogens (tertiary/aromatic N) is 3. The van der Waals surface area contributed by atoms with E-state index in [0.717, 1.165) is 27.9 Å². The van der Waals surface area contributed by atoms with Crippen molar-refractivity contribution in [2.75, 3.05) is 12.4 Å². The van der Waals surface area contributed by atoms with Gasteiger partial charge < -0.3 is 19.1 Å². The molecule has 0 fully saturated rings. The van der Waals surface area contributed by atoms with Crippen LogP contribution < -0.4 is 10.1 Å². The SMILES string of the molecule is COc1ccc2c(C#N)c(-c3ccc(NC(=O)c4cc(C)on4)cc3)n(C)c2c1.